The van der Waals surface area contributed by atoms with Gasteiger partial charge in [0, 0.05) is 11.8 Å². The van der Waals surface area contributed by atoms with Gasteiger partial charge in [0.25, 0.3) is 10.0 Å². The van der Waals surface area contributed by atoms with Crippen LogP contribution in [0.3, 0.4) is 0 Å². The zero-order valence-electron chi connectivity index (χ0n) is 10.6. The molecule has 2 N–H and O–H groups in total. The molecule has 0 aliphatic rings. The van der Waals surface area contributed by atoms with Crippen LogP contribution < -0.4 is 9.46 Å². The molecule has 0 fully saturated rings. The Hall–Kier alpha value is -2.23. The van der Waals surface area contributed by atoms with Gasteiger partial charge in [0.15, 0.2) is 5.82 Å². The lowest BCUT2D eigenvalue weighted by Crippen LogP contribution is -2.17. The number of H-pyrrole nitrogens is 1. The average molecular weight is 321 g/mol. The van der Waals surface area contributed by atoms with Gasteiger partial charge < -0.3 is 4.74 Å². The average Bonchev–Trinajstić information content (AvgIpc) is 2.72. The van der Waals surface area contributed by atoms with Crippen LogP contribution in [0, 0.1) is 6.92 Å². The molecule has 2 aromatic rings. The lowest BCUT2D eigenvalue weighted by atomic mass is 10.3. The van der Waals surface area contributed by atoms with Crippen molar-refractivity contribution in [1.29, 1.82) is 0 Å². The van der Waals surface area contributed by atoms with E-state index in [2.05, 4.69) is 19.7 Å². The van der Waals surface area contributed by atoms with E-state index in [-0.39, 0.29) is 10.7 Å². The Bertz CT molecular complexity index is 723. The van der Waals surface area contributed by atoms with Gasteiger partial charge >= 0.3 is 6.36 Å². The van der Waals surface area contributed by atoms with Crippen molar-refractivity contribution in [2.75, 3.05) is 4.72 Å². The van der Waals surface area contributed by atoms with E-state index in [0.29, 0.717) is 5.69 Å². The second kappa shape index (κ2) is 5.28. The normalized spacial score (nSPS) is 12.2. The number of hydrogen-bond donors (Lipinski definition) is 2. The largest absolute Gasteiger partial charge is 0.573 e. The number of hydrogen-bond acceptors (Lipinski definition) is 4. The third kappa shape index (κ3) is 4.12. The highest BCUT2D eigenvalue weighted by Crippen LogP contribution is 2.24. The van der Waals surface area contributed by atoms with Crippen molar-refractivity contribution in [3.63, 3.8) is 0 Å². The van der Waals surface area contributed by atoms with E-state index < -0.39 is 22.1 Å². The minimum atomic E-state index is -4.83. The third-order valence-electron chi connectivity index (χ3n) is 2.31. The molecule has 0 saturated carbocycles. The number of aromatic nitrogens is 2. The molecule has 0 aliphatic heterocycles. The fourth-order valence-corrected chi connectivity index (χ4v) is 2.48. The molecule has 1 aromatic carbocycles. The van der Waals surface area contributed by atoms with Crippen LogP contribution in [0.1, 0.15) is 5.69 Å². The summed E-state index contributed by atoms with van der Waals surface area (Å²) in [5.41, 5.74) is 0.654. The summed E-state index contributed by atoms with van der Waals surface area (Å²) in [5, 5.41) is 6.26. The highest BCUT2D eigenvalue weighted by Gasteiger charge is 2.31. The monoisotopic (exact) mass is 321 g/mol. The number of aromatic amines is 1. The predicted molar refractivity (Wildman–Crippen MR) is 67.3 cm³/mol. The number of rotatable bonds is 4. The number of alkyl halides is 3. The number of ether oxygens (including phenoxy) is 1. The van der Waals surface area contributed by atoms with E-state index in [4.69, 9.17) is 0 Å². The highest BCUT2D eigenvalue weighted by atomic mass is 32.2. The second-order valence-corrected chi connectivity index (χ2v) is 5.74. The van der Waals surface area contributed by atoms with Crippen molar-refractivity contribution in [1.82, 2.24) is 10.2 Å². The summed E-state index contributed by atoms with van der Waals surface area (Å²) in [4.78, 5) is -0.210. The van der Waals surface area contributed by atoms with E-state index in [1.165, 1.54) is 6.07 Å². The Morgan fingerprint density at radius 3 is 2.33 bits per heavy atom. The van der Waals surface area contributed by atoms with Crippen molar-refractivity contribution >= 4 is 15.8 Å². The first kappa shape index (κ1) is 15.2. The first-order chi connectivity index (χ1) is 9.66. The van der Waals surface area contributed by atoms with Gasteiger partial charge in [-0.05, 0) is 31.2 Å². The van der Waals surface area contributed by atoms with Crippen LogP contribution in [-0.2, 0) is 10.0 Å². The van der Waals surface area contributed by atoms with Gasteiger partial charge in [-0.15, -0.1) is 13.2 Å². The van der Waals surface area contributed by atoms with Crippen LogP contribution in [0.5, 0.6) is 5.75 Å². The Labute approximate surface area is 118 Å². The Kier molecular flexibility index (Phi) is 3.81. The van der Waals surface area contributed by atoms with Crippen LogP contribution in [0.2, 0.25) is 0 Å². The molecule has 10 heteroatoms. The maximum Gasteiger partial charge on any atom is 0.573 e. The second-order valence-electron chi connectivity index (χ2n) is 4.06. The molecule has 1 heterocycles. The molecule has 114 valence electrons. The van der Waals surface area contributed by atoms with Crippen molar-refractivity contribution in [2.45, 2.75) is 18.2 Å². The fourth-order valence-electron chi connectivity index (χ4n) is 1.49. The molecule has 21 heavy (non-hydrogen) atoms. The van der Waals surface area contributed by atoms with Gasteiger partial charge in [-0.25, -0.2) is 8.42 Å². The number of benzene rings is 1. The molecule has 1 aromatic heterocycles. The van der Waals surface area contributed by atoms with Gasteiger partial charge in [-0.2, -0.15) is 5.10 Å². The van der Waals surface area contributed by atoms with Crippen molar-refractivity contribution in [3.05, 3.63) is 36.0 Å². The highest BCUT2D eigenvalue weighted by molar-refractivity contribution is 7.92. The predicted octanol–water partition coefficient (Wildman–Crippen LogP) is 2.42. The van der Waals surface area contributed by atoms with Gasteiger partial charge in [0.1, 0.15) is 5.75 Å². The number of nitrogens with zero attached hydrogens (tertiary/aromatic N) is 1. The fraction of sp³-hybridized carbons (Fsp3) is 0.182. The van der Waals surface area contributed by atoms with Gasteiger partial charge in [0.2, 0.25) is 0 Å². The van der Waals surface area contributed by atoms with Crippen molar-refractivity contribution in [3.8, 4) is 5.75 Å². The van der Waals surface area contributed by atoms with Gasteiger partial charge in [-0.1, -0.05) is 0 Å². The molecule has 0 aliphatic carbocycles. The summed E-state index contributed by atoms with van der Waals surface area (Å²) in [7, 11) is -3.93. The van der Waals surface area contributed by atoms with Crippen LogP contribution in [-0.4, -0.2) is 25.0 Å². The number of halogens is 3. The van der Waals surface area contributed by atoms with Gasteiger partial charge in [0.05, 0.1) is 4.90 Å². The standard InChI is InChI=1S/C11H10F3N3O3S/c1-7-6-10(16-15-7)17-21(18,19)9-4-2-8(3-5-9)20-11(12,13)14/h2-6H,1H3,(H2,15,16,17). The zero-order chi connectivity index (χ0) is 15.7. The minimum absolute atomic E-state index is 0.0862. The SMILES string of the molecule is Cc1cc(NS(=O)(=O)c2ccc(OC(F)(F)F)cc2)n[nH]1. The first-order valence-corrected chi connectivity index (χ1v) is 7.05. The smallest absolute Gasteiger partial charge is 0.406 e. The summed E-state index contributed by atoms with van der Waals surface area (Å²) < 4.78 is 65.8. The molecule has 2 rings (SSSR count). The van der Waals surface area contributed by atoms with E-state index in [0.717, 1.165) is 24.3 Å². The van der Waals surface area contributed by atoms with E-state index >= 15 is 0 Å². The van der Waals surface area contributed by atoms with Crippen LogP contribution in [0.15, 0.2) is 35.2 Å². The molecule has 0 bridgehead atoms. The van der Waals surface area contributed by atoms with Gasteiger partial charge in [-0.3, -0.25) is 9.82 Å². The molecule has 0 radical (unpaired) electrons. The lowest BCUT2D eigenvalue weighted by molar-refractivity contribution is -0.274. The first-order valence-electron chi connectivity index (χ1n) is 5.56. The number of sulfonamides is 1. The van der Waals surface area contributed by atoms with Crippen LogP contribution in [0.25, 0.3) is 0 Å². The maximum absolute atomic E-state index is 12.0. The maximum atomic E-state index is 12.0. The Morgan fingerprint density at radius 1 is 1.24 bits per heavy atom. The Morgan fingerprint density at radius 2 is 1.86 bits per heavy atom. The summed E-state index contributed by atoms with van der Waals surface area (Å²) in [6.07, 6.45) is -4.83. The van der Waals surface area contributed by atoms with Crippen molar-refractivity contribution < 1.29 is 26.3 Å². The number of aryl methyl sites for hydroxylation is 1. The van der Waals surface area contributed by atoms with Crippen LogP contribution in [0.4, 0.5) is 19.0 Å². The van der Waals surface area contributed by atoms with E-state index in [1.54, 1.807) is 6.92 Å². The molecule has 0 saturated heterocycles. The summed E-state index contributed by atoms with van der Waals surface area (Å²) in [6.45, 7) is 1.69. The van der Waals surface area contributed by atoms with Crippen LogP contribution >= 0.6 is 0 Å². The third-order valence-corrected chi connectivity index (χ3v) is 3.68. The topological polar surface area (TPSA) is 84.1 Å². The van der Waals surface area contributed by atoms with E-state index in [1.807, 2.05) is 0 Å². The van der Waals surface area contributed by atoms with Crippen molar-refractivity contribution in [2.24, 2.45) is 0 Å². The summed E-state index contributed by atoms with van der Waals surface area (Å²) >= 11 is 0. The molecule has 0 spiro atoms. The van der Waals surface area contributed by atoms with E-state index in [9.17, 15) is 21.6 Å². The summed E-state index contributed by atoms with van der Waals surface area (Å²) in [5.74, 6) is -0.416. The summed E-state index contributed by atoms with van der Waals surface area (Å²) in [6, 6.07) is 5.31. The molecule has 0 amide bonds. The minimum Gasteiger partial charge on any atom is -0.406 e. The molecule has 0 atom stereocenters. The number of anilines is 1. The Balaban J connectivity index is 2.17. The molecular formula is C11H10F3N3O3S. The number of nitrogens with one attached hydrogen (secondary N) is 2. The molecule has 6 nitrogen and oxygen atoms in total. The zero-order valence-corrected chi connectivity index (χ0v) is 11.4. The lowest BCUT2D eigenvalue weighted by Gasteiger charge is -2.09. The molecule has 0 unspecified atom stereocenters. The molecular weight excluding hydrogens is 311 g/mol. The quantitative estimate of drug-likeness (QED) is 0.906.